The first-order valence-corrected chi connectivity index (χ1v) is 10.8. The van der Waals surface area contributed by atoms with Crippen LogP contribution in [0.1, 0.15) is 12.8 Å². The molecule has 0 saturated carbocycles. The van der Waals surface area contributed by atoms with Crippen molar-refractivity contribution < 1.29 is 17.9 Å². The van der Waals surface area contributed by atoms with E-state index in [2.05, 4.69) is 10.6 Å². The molecule has 7 nitrogen and oxygen atoms in total. The van der Waals surface area contributed by atoms with Gasteiger partial charge < -0.3 is 15.4 Å². The molecule has 2 aliphatic heterocycles. The van der Waals surface area contributed by atoms with E-state index in [9.17, 15) is 13.2 Å². The summed E-state index contributed by atoms with van der Waals surface area (Å²) in [6, 6.07) is 0. The van der Waals surface area contributed by atoms with Gasteiger partial charge in [0.15, 0.2) is 0 Å². The van der Waals surface area contributed by atoms with E-state index in [1.807, 2.05) is 0 Å². The normalized spacial score (nSPS) is 22.7. The number of amides is 1. The minimum Gasteiger partial charge on any atom is -0.384 e. The second-order valence-corrected chi connectivity index (χ2v) is 9.36. The topological polar surface area (TPSA) is 87.7 Å². The fourth-order valence-electron chi connectivity index (χ4n) is 3.05. The molecule has 2 N–H and O–H groups in total. The highest BCUT2D eigenvalue weighted by Gasteiger charge is 2.39. The van der Waals surface area contributed by atoms with Gasteiger partial charge in [0.1, 0.15) is 0 Å². The third kappa shape index (κ3) is 5.06. The van der Waals surface area contributed by atoms with E-state index in [4.69, 9.17) is 4.74 Å². The van der Waals surface area contributed by atoms with Crippen LogP contribution in [-0.4, -0.2) is 82.3 Å². The molecule has 0 aromatic rings. The Morgan fingerprint density at radius 1 is 1.30 bits per heavy atom. The molecule has 1 amide bonds. The van der Waals surface area contributed by atoms with Gasteiger partial charge in [0.05, 0.1) is 17.8 Å². The van der Waals surface area contributed by atoms with Crippen molar-refractivity contribution in [1.29, 1.82) is 0 Å². The number of nitrogens with zero attached hydrogens (tertiary/aromatic N) is 1. The Hall–Kier alpha value is -0.350. The zero-order valence-electron chi connectivity index (χ0n) is 13.7. The SMILES string of the molecule is COCC1(C(=O)NCCS(=O)(=O)N2CCSCC2)CCNCC1. The fraction of sp³-hybridized carbons (Fsp3) is 0.929. The Morgan fingerprint density at radius 2 is 1.96 bits per heavy atom. The summed E-state index contributed by atoms with van der Waals surface area (Å²) in [6.45, 7) is 3.22. The highest BCUT2D eigenvalue weighted by molar-refractivity contribution is 7.99. The zero-order chi connectivity index (χ0) is 16.8. The lowest BCUT2D eigenvalue weighted by atomic mass is 9.78. The third-order valence-corrected chi connectivity index (χ3v) is 7.29. The number of thioether (sulfide) groups is 1. The molecule has 23 heavy (non-hydrogen) atoms. The van der Waals surface area contributed by atoms with Crippen LogP contribution in [0.2, 0.25) is 0 Å². The molecule has 0 atom stereocenters. The van der Waals surface area contributed by atoms with Gasteiger partial charge in [-0.2, -0.15) is 11.8 Å². The Bertz CT molecular complexity index is 481. The van der Waals surface area contributed by atoms with Crippen LogP contribution in [0.3, 0.4) is 0 Å². The minimum atomic E-state index is -3.28. The van der Waals surface area contributed by atoms with Gasteiger partial charge in [0, 0.05) is 38.2 Å². The van der Waals surface area contributed by atoms with Crippen LogP contribution in [0.25, 0.3) is 0 Å². The molecule has 0 bridgehead atoms. The van der Waals surface area contributed by atoms with E-state index < -0.39 is 15.4 Å². The summed E-state index contributed by atoms with van der Waals surface area (Å²) in [4.78, 5) is 12.5. The summed E-state index contributed by atoms with van der Waals surface area (Å²) in [6.07, 6.45) is 1.42. The maximum atomic E-state index is 12.5. The molecular weight excluding hydrogens is 338 g/mol. The first-order valence-electron chi connectivity index (χ1n) is 8.04. The molecule has 0 aromatic carbocycles. The van der Waals surface area contributed by atoms with Crippen LogP contribution in [0, 0.1) is 5.41 Å². The van der Waals surface area contributed by atoms with Crippen molar-refractivity contribution in [2.24, 2.45) is 5.41 Å². The number of ether oxygens (including phenoxy) is 1. The molecule has 2 aliphatic rings. The van der Waals surface area contributed by atoms with Crippen molar-refractivity contribution in [2.75, 3.05) is 63.7 Å². The van der Waals surface area contributed by atoms with Crippen LogP contribution in [-0.2, 0) is 19.6 Å². The van der Waals surface area contributed by atoms with E-state index in [0.29, 0.717) is 32.5 Å². The van der Waals surface area contributed by atoms with E-state index in [1.165, 1.54) is 4.31 Å². The van der Waals surface area contributed by atoms with Crippen LogP contribution < -0.4 is 10.6 Å². The summed E-state index contributed by atoms with van der Waals surface area (Å²) in [7, 11) is -1.69. The summed E-state index contributed by atoms with van der Waals surface area (Å²) in [5.74, 6) is 1.56. The monoisotopic (exact) mass is 365 g/mol. The second kappa shape index (κ2) is 8.66. The maximum absolute atomic E-state index is 12.5. The molecule has 0 aliphatic carbocycles. The second-order valence-electron chi connectivity index (χ2n) is 6.05. The molecule has 2 fully saturated rings. The van der Waals surface area contributed by atoms with Gasteiger partial charge in [-0.1, -0.05) is 0 Å². The van der Waals surface area contributed by atoms with Gasteiger partial charge in [-0.05, 0) is 25.9 Å². The molecule has 0 spiro atoms. The molecule has 2 rings (SSSR count). The summed E-state index contributed by atoms with van der Waals surface area (Å²) < 4.78 is 31.3. The molecule has 0 unspecified atom stereocenters. The third-order valence-electron chi connectivity index (χ3n) is 4.47. The van der Waals surface area contributed by atoms with Crippen LogP contribution in [0.4, 0.5) is 0 Å². The lowest BCUT2D eigenvalue weighted by Crippen LogP contribution is -2.51. The Kier molecular flexibility index (Phi) is 7.15. The number of rotatable bonds is 7. The van der Waals surface area contributed by atoms with E-state index in [0.717, 1.165) is 24.6 Å². The Balaban J connectivity index is 1.85. The molecule has 0 aromatic heterocycles. The first kappa shape index (κ1) is 19.0. The highest BCUT2D eigenvalue weighted by Crippen LogP contribution is 2.29. The first-order chi connectivity index (χ1) is 11.0. The maximum Gasteiger partial charge on any atom is 0.228 e. The summed E-state index contributed by atoms with van der Waals surface area (Å²) in [5.41, 5.74) is -0.536. The van der Waals surface area contributed by atoms with Crippen molar-refractivity contribution in [3.63, 3.8) is 0 Å². The lowest BCUT2D eigenvalue weighted by Gasteiger charge is -2.35. The van der Waals surface area contributed by atoms with Gasteiger partial charge in [0.25, 0.3) is 0 Å². The van der Waals surface area contributed by atoms with Crippen molar-refractivity contribution in [1.82, 2.24) is 14.9 Å². The van der Waals surface area contributed by atoms with Gasteiger partial charge in [0.2, 0.25) is 15.9 Å². The Labute approximate surface area is 142 Å². The van der Waals surface area contributed by atoms with Crippen LogP contribution in [0.15, 0.2) is 0 Å². The zero-order valence-corrected chi connectivity index (χ0v) is 15.3. The molecule has 2 saturated heterocycles. The van der Waals surface area contributed by atoms with Gasteiger partial charge in [-0.25, -0.2) is 12.7 Å². The Morgan fingerprint density at radius 3 is 2.57 bits per heavy atom. The number of carbonyl (C=O) groups excluding carboxylic acids is 1. The fourth-order valence-corrected chi connectivity index (χ4v) is 5.54. The van der Waals surface area contributed by atoms with Crippen molar-refractivity contribution >= 4 is 27.7 Å². The smallest absolute Gasteiger partial charge is 0.228 e. The number of nitrogens with one attached hydrogen (secondary N) is 2. The number of methoxy groups -OCH3 is 1. The van der Waals surface area contributed by atoms with Gasteiger partial charge in [-0.15, -0.1) is 0 Å². The number of piperidine rings is 1. The average Bonchev–Trinajstić information content (AvgIpc) is 2.56. The predicted octanol–water partition coefficient (Wildman–Crippen LogP) is -0.503. The van der Waals surface area contributed by atoms with Crippen LogP contribution >= 0.6 is 11.8 Å². The molecule has 0 radical (unpaired) electrons. The van der Waals surface area contributed by atoms with Gasteiger partial charge in [-0.3, -0.25) is 4.79 Å². The number of carbonyl (C=O) groups is 1. The lowest BCUT2D eigenvalue weighted by molar-refractivity contribution is -0.136. The van der Waals surface area contributed by atoms with Crippen LogP contribution in [0.5, 0.6) is 0 Å². The van der Waals surface area contributed by atoms with Crippen molar-refractivity contribution in [3.8, 4) is 0 Å². The van der Waals surface area contributed by atoms with E-state index >= 15 is 0 Å². The van der Waals surface area contributed by atoms with Gasteiger partial charge >= 0.3 is 0 Å². The van der Waals surface area contributed by atoms with E-state index in [1.54, 1.807) is 18.9 Å². The summed E-state index contributed by atoms with van der Waals surface area (Å²) >= 11 is 1.77. The minimum absolute atomic E-state index is 0.0370. The number of sulfonamides is 1. The number of hydrogen-bond donors (Lipinski definition) is 2. The van der Waals surface area contributed by atoms with Crippen molar-refractivity contribution in [3.05, 3.63) is 0 Å². The summed E-state index contributed by atoms with van der Waals surface area (Å²) in [5, 5.41) is 6.05. The van der Waals surface area contributed by atoms with Crippen molar-refractivity contribution in [2.45, 2.75) is 12.8 Å². The standard InChI is InChI=1S/C14H27N3O4S2/c1-21-12-14(2-4-15-5-3-14)13(18)16-6-11-23(19,20)17-7-9-22-10-8-17/h15H,2-12H2,1H3,(H,16,18). The van der Waals surface area contributed by atoms with E-state index in [-0.39, 0.29) is 18.2 Å². The molecule has 134 valence electrons. The molecular formula is C14H27N3O4S2. The largest absolute Gasteiger partial charge is 0.384 e. The quantitative estimate of drug-likeness (QED) is 0.632. The average molecular weight is 366 g/mol. The predicted molar refractivity (Wildman–Crippen MR) is 92.1 cm³/mol. The number of hydrogen-bond acceptors (Lipinski definition) is 6. The highest BCUT2D eigenvalue weighted by atomic mass is 32.2. The molecule has 2 heterocycles. The molecule has 9 heteroatoms.